The molecule has 0 saturated carbocycles. The maximum Gasteiger partial charge on any atom is 0.319 e. The van der Waals surface area contributed by atoms with Crippen LogP contribution in [0.4, 0.5) is 14.6 Å². The first-order valence-corrected chi connectivity index (χ1v) is 16.3. The summed E-state index contributed by atoms with van der Waals surface area (Å²) in [6.07, 6.45) is 3.74. The molecule has 2 aromatic carbocycles. The Morgan fingerprint density at radius 2 is 2.02 bits per heavy atom. The first-order valence-electron chi connectivity index (χ1n) is 16.3. The Morgan fingerprint density at radius 3 is 2.79 bits per heavy atom. The number of carbonyl (C=O) groups is 1. The molecular formula is C36H35F2N7O3. The third-order valence-electron chi connectivity index (χ3n) is 9.48. The van der Waals surface area contributed by atoms with Gasteiger partial charge in [0.05, 0.1) is 43.2 Å². The summed E-state index contributed by atoms with van der Waals surface area (Å²) in [6, 6.07) is 13.8. The number of rotatable bonds is 8. The van der Waals surface area contributed by atoms with Crippen molar-refractivity contribution in [3.05, 3.63) is 54.0 Å². The lowest BCUT2D eigenvalue weighted by Gasteiger charge is -2.40. The van der Waals surface area contributed by atoms with Crippen LogP contribution in [0.1, 0.15) is 24.8 Å². The molecule has 3 atom stereocenters. The van der Waals surface area contributed by atoms with E-state index in [0.717, 1.165) is 48.9 Å². The number of benzene rings is 2. The molecule has 0 radical (unpaired) electrons. The zero-order valence-electron chi connectivity index (χ0n) is 26.7. The van der Waals surface area contributed by atoms with Crippen LogP contribution < -0.4 is 9.64 Å². The van der Waals surface area contributed by atoms with Crippen LogP contribution >= 0.6 is 0 Å². The van der Waals surface area contributed by atoms with Crippen LogP contribution in [-0.2, 0) is 9.53 Å². The van der Waals surface area contributed by atoms with Gasteiger partial charge >= 0.3 is 6.01 Å². The van der Waals surface area contributed by atoms with E-state index in [1.807, 2.05) is 48.2 Å². The molecule has 4 aromatic rings. The van der Waals surface area contributed by atoms with E-state index in [0.29, 0.717) is 42.1 Å². The van der Waals surface area contributed by atoms with Crippen molar-refractivity contribution < 1.29 is 23.0 Å². The molecule has 3 aliphatic heterocycles. The molecule has 3 aliphatic rings. The van der Waals surface area contributed by atoms with Gasteiger partial charge in [-0.3, -0.25) is 14.7 Å². The number of fused-ring (bicyclic) bond motifs is 4. The summed E-state index contributed by atoms with van der Waals surface area (Å²) in [4.78, 5) is 32.4. The molecule has 3 fully saturated rings. The number of aryl methyl sites for hydroxylation is 1. The van der Waals surface area contributed by atoms with E-state index in [1.165, 1.54) is 4.90 Å². The number of nitrogens with zero attached hydrogens (tertiary/aromatic N) is 7. The maximum absolute atomic E-state index is 16.7. The first-order chi connectivity index (χ1) is 23.4. The smallest absolute Gasteiger partial charge is 0.319 e. The SMILES string of the molecule is Cc1cccc2cccc(-c3ncc4c(N5CCN(C(=O)C#CCF)[C@@H](CC#N)C5)nc(OCCCN5C[C@@H]6C[C@H]5CO6)nc4c3F)c12. The number of hydrogen-bond donors (Lipinski definition) is 0. The fraction of sp³-hybridized carbons (Fsp3) is 0.417. The minimum Gasteiger partial charge on any atom is -0.463 e. The Morgan fingerprint density at radius 1 is 1.17 bits per heavy atom. The van der Waals surface area contributed by atoms with Crippen LogP contribution in [0.5, 0.6) is 6.01 Å². The van der Waals surface area contributed by atoms with Crippen molar-refractivity contribution in [2.45, 2.75) is 44.4 Å². The second kappa shape index (κ2) is 13.7. The highest BCUT2D eigenvalue weighted by Crippen LogP contribution is 2.36. The number of likely N-dealkylation sites (tertiary alicyclic amines) is 1. The van der Waals surface area contributed by atoms with Crippen LogP contribution in [0, 0.1) is 35.9 Å². The van der Waals surface area contributed by atoms with Gasteiger partial charge in [-0.2, -0.15) is 15.2 Å². The van der Waals surface area contributed by atoms with Gasteiger partial charge in [0.15, 0.2) is 12.5 Å². The lowest BCUT2D eigenvalue weighted by atomic mass is 9.97. The van der Waals surface area contributed by atoms with E-state index >= 15 is 4.39 Å². The zero-order chi connectivity index (χ0) is 33.2. The summed E-state index contributed by atoms with van der Waals surface area (Å²) in [5.74, 6) is 3.75. The minimum absolute atomic E-state index is 0.0342. The summed E-state index contributed by atoms with van der Waals surface area (Å²) in [6.45, 7) is 4.71. The predicted octanol–water partition coefficient (Wildman–Crippen LogP) is 4.44. The van der Waals surface area contributed by atoms with Gasteiger partial charge in [-0.05, 0) is 42.0 Å². The molecule has 7 rings (SSSR count). The molecular weight excluding hydrogens is 616 g/mol. The lowest BCUT2D eigenvalue weighted by molar-refractivity contribution is -0.127. The molecule has 3 saturated heterocycles. The van der Waals surface area contributed by atoms with Crippen molar-refractivity contribution in [3.63, 3.8) is 0 Å². The lowest BCUT2D eigenvalue weighted by Crippen LogP contribution is -2.55. The van der Waals surface area contributed by atoms with Crippen LogP contribution in [0.3, 0.4) is 0 Å². The first kappa shape index (κ1) is 31.7. The minimum atomic E-state index is -0.934. The fourth-order valence-electron chi connectivity index (χ4n) is 7.20. The molecule has 10 nitrogen and oxygen atoms in total. The van der Waals surface area contributed by atoms with E-state index in [4.69, 9.17) is 14.5 Å². The second-order valence-electron chi connectivity index (χ2n) is 12.4. The number of piperazine rings is 1. The quantitative estimate of drug-likeness (QED) is 0.202. The fourth-order valence-corrected chi connectivity index (χ4v) is 7.20. The number of carbonyl (C=O) groups excluding carboxylic acids is 1. The van der Waals surface area contributed by atoms with Crippen molar-refractivity contribution in [1.82, 2.24) is 24.8 Å². The third kappa shape index (κ3) is 6.10. The molecule has 2 aromatic heterocycles. The van der Waals surface area contributed by atoms with Gasteiger partial charge in [0, 0.05) is 50.5 Å². The largest absolute Gasteiger partial charge is 0.463 e. The number of anilines is 1. The molecule has 0 N–H and O–H groups in total. The average molecular weight is 652 g/mol. The van der Waals surface area contributed by atoms with E-state index in [9.17, 15) is 14.4 Å². The molecule has 246 valence electrons. The number of ether oxygens (including phenoxy) is 2. The molecule has 1 amide bonds. The number of pyridine rings is 1. The second-order valence-corrected chi connectivity index (χ2v) is 12.4. The van der Waals surface area contributed by atoms with Gasteiger partial charge in [0.1, 0.15) is 17.0 Å². The Kier molecular flexibility index (Phi) is 9.02. The summed E-state index contributed by atoms with van der Waals surface area (Å²) in [5.41, 5.74) is 1.91. The van der Waals surface area contributed by atoms with Crippen LogP contribution in [-0.4, -0.2) is 101 Å². The summed E-state index contributed by atoms with van der Waals surface area (Å²) >= 11 is 0. The Labute approximate surface area is 277 Å². The topological polar surface area (TPSA) is 108 Å². The normalized spacial score (nSPS) is 20.6. The highest BCUT2D eigenvalue weighted by atomic mass is 19.1. The molecule has 12 heteroatoms. The number of hydrogen-bond acceptors (Lipinski definition) is 9. The monoisotopic (exact) mass is 651 g/mol. The Hall–Kier alpha value is -4.91. The summed E-state index contributed by atoms with van der Waals surface area (Å²) < 4.78 is 41.2. The van der Waals surface area contributed by atoms with Crippen molar-refractivity contribution in [3.8, 4) is 35.2 Å². The van der Waals surface area contributed by atoms with Crippen LogP contribution in [0.2, 0.25) is 0 Å². The molecule has 2 bridgehead atoms. The molecule has 0 spiro atoms. The van der Waals surface area contributed by atoms with Crippen molar-refractivity contribution in [2.24, 2.45) is 0 Å². The molecule has 48 heavy (non-hydrogen) atoms. The average Bonchev–Trinajstić information content (AvgIpc) is 3.73. The van der Waals surface area contributed by atoms with Gasteiger partial charge < -0.3 is 19.3 Å². The number of amides is 1. The van der Waals surface area contributed by atoms with Gasteiger partial charge in [0.25, 0.3) is 5.91 Å². The van der Waals surface area contributed by atoms with Crippen molar-refractivity contribution in [2.75, 3.05) is 57.5 Å². The van der Waals surface area contributed by atoms with Crippen LogP contribution in [0.25, 0.3) is 32.9 Å². The van der Waals surface area contributed by atoms with Gasteiger partial charge in [-0.1, -0.05) is 42.3 Å². The van der Waals surface area contributed by atoms with E-state index in [1.54, 1.807) is 6.20 Å². The standard InChI is InChI=1S/C36H35F2N7O3/c1-23-6-2-7-24-8-3-9-28(31(23)24)33-32(38)34-29(19-40-33)35(44-15-16-45(25(20-44)11-13-39)30(46)10-4-12-37)42-36(41-34)47-17-5-14-43-21-27-18-26(43)22-48-27/h2-3,6-9,19,25-27H,5,11-12,14-18,20-22H2,1H3/t25-,26-,27-/m0/s1. The highest BCUT2D eigenvalue weighted by molar-refractivity contribution is 6.00. The van der Waals surface area contributed by atoms with Crippen molar-refractivity contribution in [1.29, 1.82) is 5.26 Å². The number of alkyl halides is 1. The van der Waals surface area contributed by atoms with Gasteiger partial charge in [-0.25, -0.2) is 8.78 Å². The van der Waals surface area contributed by atoms with Gasteiger partial charge in [-0.15, -0.1) is 0 Å². The van der Waals surface area contributed by atoms with E-state index in [2.05, 4.69) is 32.8 Å². The third-order valence-corrected chi connectivity index (χ3v) is 9.48. The number of aromatic nitrogens is 3. The molecule has 0 aliphatic carbocycles. The summed E-state index contributed by atoms with van der Waals surface area (Å²) in [5, 5.41) is 11.8. The van der Waals surface area contributed by atoms with E-state index < -0.39 is 24.4 Å². The number of nitriles is 1. The molecule has 0 unspecified atom stereocenters. The van der Waals surface area contributed by atoms with Crippen LogP contribution in [0.15, 0.2) is 42.6 Å². The van der Waals surface area contributed by atoms with E-state index in [-0.39, 0.29) is 36.7 Å². The van der Waals surface area contributed by atoms with Crippen molar-refractivity contribution >= 4 is 33.4 Å². The molecule has 5 heterocycles. The Bertz CT molecular complexity index is 1970. The Balaban J connectivity index is 1.23. The summed E-state index contributed by atoms with van der Waals surface area (Å²) in [7, 11) is 0. The zero-order valence-corrected chi connectivity index (χ0v) is 26.7. The van der Waals surface area contributed by atoms with Gasteiger partial charge in [0.2, 0.25) is 0 Å². The highest BCUT2D eigenvalue weighted by Gasteiger charge is 2.38. The number of halogens is 2. The number of morpholine rings is 1. The predicted molar refractivity (Wildman–Crippen MR) is 176 cm³/mol. The maximum atomic E-state index is 16.7.